The summed E-state index contributed by atoms with van der Waals surface area (Å²) in [5.41, 5.74) is 6.93. The Hall–Kier alpha value is -1.56. The first-order chi connectivity index (χ1) is 9.72. The van der Waals surface area contributed by atoms with Gasteiger partial charge in [-0.25, -0.2) is 9.97 Å². The second-order valence-electron chi connectivity index (χ2n) is 7.16. The fourth-order valence-corrected chi connectivity index (χ4v) is 3.44. The van der Waals surface area contributed by atoms with Crippen molar-refractivity contribution in [3.8, 4) is 0 Å². The van der Waals surface area contributed by atoms with Gasteiger partial charge < -0.3 is 21.7 Å². The second-order valence-corrected chi connectivity index (χ2v) is 7.16. The summed E-state index contributed by atoms with van der Waals surface area (Å²) in [4.78, 5) is 8.48. The fraction of sp³-hybridized carbons (Fsp3) is 0.733. The molecule has 0 unspecified atom stereocenters. The average molecular weight is 292 g/mol. The molecule has 1 aromatic rings. The summed E-state index contributed by atoms with van der Waals surface area (Å²) >= 11 is 0. The van der Waals surface area contributed by atoms with Crippen molar-refractivity contribution >= 4 is 17.3 Å². The maximum absolute atomic E-state index is 6.16. The molecule has 1 aliphatic heterocycles. The summed E-state index contributed by atoms with van der Waals surface area (Å²) < 4.78 is 0. The number of aromatic nitrogens is 2. The van der Waals surface area contributed by atoms with Crippen LogP contribution in [0.2, 0.25) is 0 Å². The van der Waals surface area contributed by atoms with Crippen molar-refractivity contribution in [2.45, 2.75) is 64.6 Å². The largest absolute Gasteiger partial charge is 0.393 e. The molecule has 0 atom stereocenters. The van der Waals surface area contributed by atoms with E-state index in [1.54, 1.807) is 6.33 Å². The van der Waals surface area contributed by atoms with Gasteiger partial charge in [-0.15, -0.1) is 0 Å². The van der Waals surface area contributed by atoms with Crippen LogP contribution in [0, 0.1) is 0 Å². The Morgan fingerprint density at radius 1 is 1.19 bits per heavy atom. The Bertz CT molecular complexity index is 481. The third kappa shape index (κ3) is 3.97. The van der Waals surface area contributed by atoms with Crippen LogP contribution < -0.4 is 21.7 Å². The van der Waals surface area contributed by atoms with Crippen molar-refractivity contribution in [1.29, 1.82) is 0 Å². The zero-order valence-electron chi connectivity index (χ0n) is 13.7. The maximum atomic E-state index is 6.16. The van der Waals surface area contributed by atoms with Gasteiger partial charge in [0.25, 0.3) is 0 Å². The predicted molar refractivity (Wildman–Crippen MR) is 88.5 cm³/mol. The van der Waals surface area contributed by atoms with Crippen molar-refractivity contribution < 1.29 is 0 Å². The van der Waals surface area contributed by atoms with E-state index in [1.165, 1.54) is 0 Å². The third-order valence-electron chi connectivity index (χ3n) is 3.76. The molecule has 0 spiro atoms. The van der Waals surface area contributed by atoms with E-state index in [9.17, 15) is 0 Å². The lowest BCUT2D eigenvalue weighted by molar-refractivity contribution is 0.170. The topological polar surface area (TPSA) is 87.9 Å². The molecule has 0 radical (unpaired) electrons. The second kappa shape index (κ2) is 5.67. The van der Waals surface area contributed by atoms with Gasteiger partial charge in [-0.3, -0.25) is 0 Å². The number of anilines is 3. The quantitative estimate of drug-likeness (QED) is 0.680. The van der Waals surface area contributed by atoms with Crippen molar-refractivity contribution in [3.63, 3.8) is 0 Å². The predicted octanol–water partition coefficient (Wildman–Crippen LogP) is 2.21. The van der Waals surface area contributed by atoms with Crippen LogP contribution in [-0.2, 0) is 0 Å². The number of hydrogen-bond acceptors (Lipinski definition) is 6. The van der Waals surface area contributed by atoms with Crippen molar-refractivity contribution in [3.05, 3.63) is 6.33 Å². The highest BCUT2D eigenvalue weighted by Crippen LogP contribution is 2.32. The highest BCUT2D eigenvalue weighted by atomic mass is 15.1. The molecule has 1 aliphatic rings. The summed E-state index contributed by atoms with van der Waals surface area (Å²) in [7, 11) is 0. The van der Waals surface area contributed by atoms with Crippen LogP contribution in [0.5, 0.6) is 0 Å². The minimum atomic E-state index is 0.0890. The van der Waals surface area contributed by atoms with Gasteiger partial charge in [0.1, 0.15) is 12.0 Å². The monoisotopic (exact) mass is 292 g/mol. The molecule has 5 N–H and O–H groups in total. The molecule has 0 bridgehead atoms. The summed E-state index contributed by atoms with van der Waals surface area (Å²) in [6, 6.07) is 0.336. The molecule has 0 amide bonds. The lowest BCUT2D eigenvalue weighted by Gasteiger charge is -2.46. The summed E-state index contributed by atoms with van der Waals surface area (Å²) in [6.07, 6.45) is 3.60. The highest BCUT2D eigenvalue weighted by molar-refractivity contribution is 5.74. The molecule has 2 rings (SSSR count). The first kappa shape index (κ1) is 15.8. The summed E-state index contributed by atoms with van der Waals surface area (Å²) in [5, 5.41) is 10.3. The number of piperidine rings is 1. The maximum Gasteiger partial charge on any atom is 0.155 e. The van der Waals surface area contributed by atoms with Crippen molar-refractivity contribution in [1.82, 2.24) is 15.3 Å². The van der Waals surface area contributed by atoms with Crippen molar-refractivity contribution in [2.24, 2.45) is 0 Å². The van der Waals surface area contributed by atoms with Gasteiger partial charge >= 0.3 is 0 Å². The molecule has 1 fully saturated rings. The minimum Gasteiger partial charge on any atom is -0.393 e. The third-order valence-corrected chi connectivity index (χ3v) is 3.76. The standard InChI is InChI=1S/C15H28N6/c1-6-17-12-11(16)13(19-9-18-12)20-10-7-14(2,3)21-15(4,5)8-10/h9-10,21H,6-8,16H2,1-5H3,(H2,17,18,19,20). The van der Waals surface area contributed by atoms with Crippen LogP contribution in [0.4, 0.5) is 17.3 Å². The summed E-state index contributed by atoms with van der Waals surface area (Å²) in [5.74, 6) is 1.42. The molecule has 21 heavy (non-hydrogen) atoms. The smallest absolute Gasteiger partial charge is 0.155 e. The fourth-order valence-electron chi connectivity index (χ4n) is 3.44. The Morgan fingerprint density at radius 2 is 1.76 bits per heavy atom. The van der Waals surface area contributed by atoms with Gasteiger partial charge in [0.2, 0.25) is 0 Å². The number of nitrogens with two attached hydrogens (primary N) is 1. The molecule has 0 aliphatic carbocycles. The van der Waals surface area contributed by atoms with E-state index in [2.05, 4.69) is 53.6 Å². The van der Waals surface area contributed by atoms with Gasteiger partial charge in [0, 0.05) is 23.7 Å². The Balaban J connectivity index is 2.16. The molecule has 6 nitrogen and oxygen atoms in total. The van der Waals surface area contributed by atoms with E-state index in [-0.39, 0.29) is 11.1 Å². The first-order valence-corrected chi connectivity index (χ1v) is 7.63. The number of nitrogens with zero attached hydrogens (tertiary/aromatic N) is 2. The van der Waals surface area contributed by atoms with Gasteiger partial charge in [-0.1, -0.05) is 0 Å². The lowest BCUT2D eigenvalue weighted by atomic mass is 9.79. The van der Waals surface area contributed by atoms with Gasteiger partial charge in [-0.2, -0.15) is 0 Å². The van der Waals surface area contributed by atoms with E-state index in [4.69, 9.17) is 5.73 Å². The highest BCUT2D eigenvalue weighted by Gasteiger charge is 2.37. The van der Waals surface area contributed by atoms with Crippen LogP contribution >= 0.6 is 0 Å². The molecule has 2 heterocycles. The van der Waals surface area contributed by atoms with Crippen LogP contribution in [0.15, 0.2) is 6.33 Å². The normalized spacial score (nSPS) is 21.0. The average Bonchev–Trinajstić information content (AvgIpc) is 2.30. The van der Waals surface area contributed by atoms with Gasteiger partial charge in [0.05, 0.1) is 0 Å². The molecule has 0 aromatic carbocycles. The molecular weight excluding hydrogens is 264 g/mol. The molecule has 1 aromatic heterocycles. The SMILES string of the molecule is CCNc1ncnc(NC2CC(C)(C)NC(C)(C)C2)c1N. The van der Waals surface area contributed by atoms with Crippen LogP contribution in [0.1, 0.15) is 47.5 Å². The number of rotatable bonds is 4. The number of nitrogens with one attached hydrogen (secondary N) is 3. The summed E-state index contributed by atoms with van der Waals surface area (Å²) in [6.45, 7) is 11.7. The number of nitrogen functional groups attached to an aromatic ring is 1. The van der Waals surface area contributed by atoms with E-state index < -0.39 is 0 Å². The minimum absolute atomic E-state index is 0.0890. The molecule has 0 saturated carbocycles. The van der Waals surface area contributed by atoms with E-state index in [1.807, 2.05) is 6.92 Å². The zero-order valence-corrected chi connectivity index (χ0v) is 13.7. The van der Waals surface area contributed by atoms with E-state index >= 15 is 0 Å². The zero-order chi connectivity index (χ0) is 15.7. The van der Waals surface area contributed by atoms with Crippen LogP contribution in [-0.4, -0.2) is 33.6 Å². The van der Waals surface area contributed by atoms with Crippen LogP contribution in [0.3, 0.4) is 0 Å². The van der Waals surface area contributed by atoms with Crippen molar-refractivity contribution in [2.75, 3.05) is 22.9 Å². The van der Waals surface area contributed by atoms with Gasteiger partial charge in [-0.05, 0) is 47.5 Å². The first-order valence-electron chi connectivity index (χ1n) is 7.63. The Morgan fingerprint density at radius 3 is 2.33 bits per heavy atom. The van der Waals surface area contributed by atoms with E-state index in [0.29, 0.717) is 17.5 Å². The Labute approximate surface area is 127 Å². The Kier molecular flexibility index (Phi) is 4.27. The molecule has 6 heteroatoms. The van der Waals surface area contributed by atoms with Gasteiger partial charge in [0.15, 0.2) is 11.6 Å². The lowest BCUT2D eigenvalue weighted by Crippen LogP contribution is -2.60. The van der Waals surface area contributed by atoms with E-state index in [0.717, 1.165) is 25.2 Å². The number of hydrogen-bond donors (Lipinski definition) is 4. The van der Waals surface area contributed by atoms with Crippen LogP contribution in [0.25, 0.3) is 0 Å². The molecular formula is C15H28N6. The molecule has 118 valence electrons. The molecule has 1 saturated heterocycles.